The Morgan fingerprint density at radius 2 is 1.93 bits per heavy atom. The van der Waals surface area contributed by atoms with E-state index in [0.29, 0.717) is 0 Å². The van der Waals surface area contributed by atoms with Gasteiger partial charge in [-0.25, -0.2) is 0 Å². The first-order chi connectivity index (χ1) is 7.01. The van der Waals surface area contributed by atoms with Crippen LogP contribution in [-0.4, -0.2) is 19.8 Å². The monoisotopic (exact) mass is 209 g/mol. The number of rotatable bonds is 4. The summed E-state index contributed by atoms with van der Waals surface area (Å²) >= 11 is 0. The molecule has 1 atom stereocenters. The molecule has 3 nitrogen and oxygen atoms in total. The zero-order chi connectivity index (χ0) is 11.5. The van der Waals surface area contributed by atoms with Crippen molar-refractivity contribution in [2.75, 3.05) is 14.2 Å². The third-order valence-electron chi connectivity index (χ3n) is 2.73. The number of hydrogen-bond donors (Lipinski definition) is 1. The van der Waals surface area contributed by atoms with E-state index in [0.717, 1.165) is 11.3 Å². The number of benzene rings is 1. The maximum Gasteiger partial charge on any atom is 0.119 e. The topological polar surface area (TPSA) is 44.5 Å². The molecule has 0 aliphatic heterocycles. The molecule has 1 aromatic carbocycles. The molecule has 0 bridgehead atoms. The Hall–Kier alpha value is -1.06. The summed E-state index contributed by atoms with van der Waals surface area (Å²) in [6, 6.07) is 7.58. The van der Waals surface area contributed by atoms with E-state index in [-0.39, 0.29) is 11.6 Å². The van der Waals surface area contributed by atoms with Crippen LogP contribution in [0.15, 0.2) is 24.3 Å². The van der Waals surface area contributed by atoms with Gasteiger partial charge in [-0.2, -0.15) is 0 Å². The lowest BCUT2D eigenvalue weighted by Crippen LogP contribution is -2.37. The van der Waals surface area contributed by atoms with Crippen LogP contribution in [-0.2, 0) is 4.74 Å². The van der Waals surface area contributed by atoms with Gasteiger partial charge in [0.25, 0.3) is 0 Å². The maximum absolute atomic E-state index is 6.13. The van der Waals surface area contributed by atoms with Crippen molar-refractivity contribution >= 4 is 0 Å². The quantitative estimate of drug-likeness (QED) is 0.826. The summed E-state index contributed by atoms with van der Waals surface area (Å²) in [6.45, 7) is 3.94. The molecule has 1 rings (SSSR count). The van der Waals surface area contributed by atoms with E-state index in [2.05, 4.69) is 0 Å². The smallest absolute Gasteiger partial charge is 0.119 e. The van der Waals surface area contributed by atoms with E-state index in [1.807, 2.05) is 38.1 Å². The summed E-state index contributed by atoms with van der Waals surface area (Å²) in [7, 11) is 3.31. The van der Waals surface area contributed by atoms with Gasteiger partial charge in [-0.15, -0.1) is 0 Å². The molecule has 0 radical (unpaired) electrons. The summed E-state index contributed by atoms with van der Waals surface area (Å²) in [4.78, 5) is 0. The highest BCUT2D eigenvalue weighted by molar-refractivity contribution is 5.31. The molecule has 0 aliphatic carbocycles. The van der Waals surface area contributed by atoms with Crippen LogP contribution in [0.25, 0.3) is 0 Å². The zero-order valence-electron chi connectivity index (χ0n) is 9.78. The van der Waals surface area contributed by atoms with Gasteiger partial charge < -0.3 is 15.2 Å². The molecule has 0 fully saturated rings. The SMILES string of the molecule is COc1cccc(C(N)C(C)(C)OC)c1. The van der Waals surface area contributed by atoms with Gasteiger partial charge in [0.1, 0.15) is 5.75 Å². The Morgan fingerprint density at radius 3 is 2.47 bits per heavy atom. The van der Waals surface area contributed by atoms with E-state index in [9.17, 15) is 0 Å². The molecule has 15 heavy (non-hydrogen) atoms. The number of nitrogens with two attached hydrogens (primary N) is 1. The lowest BCUT2D eigenvalue weighted by molar-refractivity contribution is -0.0000649. The van der Waals surface area contributed by atoms with E-state index in [4.69, 9.17) is 15.2 Å². The first-order valence-corrected chi connectivity index (χ1v) is 4.96. The highest BCUT2D eigenvalue weighted by Gasteiger charge is 2.27. The van der Waals surface area contributed by atoms with Gasteiger partial charge in [-0.3, -0.25) is 0 Å². The van der Waals surface area contributed by atoms with Crippen LogP contribution in [0.1, 0.15) is 25.5 Å². The summed E-state index contributed by atoms with van der Waals surface area (Å²) in [5.74, 6) is 0.815. The highest BCUT2D eigenvalue weighted by atomic mass is 16.5. The molecule has 84 valence electrons. The maximum atomic E-state index is 6.13. The summed E-state index contributed by atoms with van der Waals surface area (Å²) in [5.41, 5.74) is 6.76. The van der Waals surface area contributed by atoms with E-state index < -0.39 is 0 Å². The van der Waals surface area contributed by atoms with Crippen LogP contribution in [0.2, 0.25) is 0 Å². The molecule has 0 spiro atoms. The number of ether oxygens (including phenoxy) is 2. The summed E-state index contributed by atoms with van der Waals surface area (Å²) < 4.78 is 10.5. The minimum absolute atomic E-state index is 0.169. The summed E-state index contributed by atoms with van der Waals surface area (Å²) in [5, 5.41) is 0. The first kappa shape index (κ1) is 12.0. The summed E-state index contributed by atoms with van der Waals surface area (Å²) in [6.07, 6.45) is 0. The third-order valence-corrected chi connectivity index (χ3v) is 2.73. The van der Waals surface area contributed by atoms with Crippen molar-refractivity contribution in [2.45, 2.75) is 25.5 Å². The van der Waals surface area contributed by atoms with Crippen molar-refractivity contribution in [3.05, 3.63) is 29.8 Å². The fraction of sp³-hybridized carbons (Fsp3) is 0.500. The Labute approximate surface area is 91.2 Å². The van der Waals surface area contributed by atoms with Crippen LogP contribution in [0.5, 0.6) is 5.75 Å². The number of hydrogen-bond acceptors (Lipinski definition) is 3. The van der Waals surface area contributed by atoms with Crippen LogP contribution in [0.4, 0.5) is 0 Å². The van der Waals surface area contributed by atoms with Gasteiger partial charge in [-0.05, 0) is 31.5 Å². The minimum Gasteiger partial charge on any atom is -0.497 e. The Morgan fingerprint density at radius 1 is 1.27 bits per heavy atom. The van der Waals surface area contributed by atoms with Gasteiger partial charge in [0.2, 0.25) is 0 Å². The first-order valence-electron chi connectivity index (χ1n) is 4.96. The van der Waals surface area contributed by atoms with Crippen molar-refractivity contribution in [1.82, 2.24) is 0 Å². The predicted molar refractivity (Wildman–Crippen MR) is 61.0 cm³/mol. The predicted octanol–water partition coefficient (Wildman–Crippen LogP) is 2.12. The normalized spacial score (nSPS) is 13.7. The van der Waals surface area contributed by atoms with Crippen molar-refractivity contribution in [2.24, 2.45) is 5.73 Å². The van der Waals surface area contributed by atoms with Gasteiger partial charge in [0.05, 0.1) is 18.8 Å². The minimum atomic E-state index is -0.383. The Balaban J connectivity index is 2.95. The van der Waals surface area contributed by atoms with Crippen LogP contribution in [0, 0.1) is 0 Å². The Kier molecular flexibility index (Phi) is 3.72. The zero-order valence-corrected chi connectivity index (χ0v) is 9.78. The number of methoxy groups -OCH3 is 2. The average Bonchev–Trinajstić information content (AvgIpc) is 2.28. The second-order valence-electron chi connectivity index (χ2n) is 4.06. The second-order valence-corrected chi connectivity index (χ2v) is 4.06. The molecule has 0 saturated heterocycles. The lowest BCUT2D eigenvalue weighted by atomic mass is 9.92. The van der Waals surface area contributed by atoms with E-state index >= 15 is 0 Å². The molecule has 0 aliphatic rings. The van der Waals surface area contributed by atoms with Crippen LogP contribution in [0.3, 0.4) is 0 Å². The van der Waals surface area contributed by atoms with Crippen molar-refractivity contribution in [1.29, 1.82) is 0 Å². The molecular formula is C12H19NO2. The molecule has 1 unspecified atom stereocenters. The van der Waals surface area contributed by atoms with Crippen LogP contribution >= 0.6 is 0 Å². The standard InChI is InChI=1S/C12H19NO2/c1-12(2,15-4)11(13)9-6-5-7-10(8-9)14-3/h5-8,11H,13H2,1-4H3. The second kappa shape index (κ2) is 4.64. The van der Waals surface area contributed by atoms with Crippen LogP contribution < -0.4 is 10.5 Å². The third kappa shape index (κ3) is 2.70. The molecule has 0 amide bonds. The van der Waals surface area contributed by atoms with Crippen molar-refractivity contribution in [3.63, 3.8) is 0 Å². The molecule has 0 heterocycles. The average molecular weight is 209 g/mol. The van der Waals surface area contributed by atoms with Gasteiger partial charge >= 0.3 is 0 Å². The van der Waals surface area contributed by atoms with Crippen molar-refractivity contribution in [3.8, 4) is 5.75 Å². The molecule has 1 aromatic rings. The molecule has 0 saturated carbocycles. The fourth-order valence-electron chi connectivity index (χ4n) is 1.36. The van der Waals surface area contributed by atoms with E-state index in [1.165, 1.54) is 0 Å². The molecule has 2 N–H and O–H groups in total. The molecular weight excluding hydrogens is 190 g/mol. The van der Waals surface area contributed by atoms with Crippen molar-refractivity contribution < 1.29 is 9.47 Å². The lowest BCUT2D eigenvalue weighted by Gasteiger charge is -2.30. The Bertz CT molecular complexity index is 323. The fourth-order valence-corrected chi connectivity index (χ4v) is 1.36. The molecule has 0 aromatic heterocycles. The van der Waals surface area contributed by atoms with Gasteiger partial charge in [-0.1, -0.05) is 12.1 Å². The van der Waals surface area contributed by atoms with Gasteiger partial charge in [0.15, 0.2) is 0 Å². The van der Waals surface area contributed by atoms with E-state index in [1.54, 1.807) is 14.2 Å². The molecule has 3 heteroatoms. The largest absolute Gasteiger partial charge is 0.497 e. The highest BCUT2D eigenvalue weighted by Crippen LogP contribution is 2.27. The van der Waals surface area contributed by atoms with Gasteiger partial charge in [0, 0.05) is 7.11 Å².